The van der Waals surface area contributed by atoms with Crippen LogP contribution in [-0.4, -0.2) is 15.3 Å². The Morgan fingerprint density at radius 1 is 1.07 bits per heavy atom. The molecule has 134 valence electrons. The standard InChI is InChI=1S/C21H15ClFN3O/c1-13-3-2-12-26-19(13)24-18(14-6-10-17(23)11-7-14)20(26)25-21(27)15-4-8-16(22)9-5-15/h2-12H,1H3,(H,25,27). The van der Waals surface area contributed by atoms with Crippen LogP contribution in [-0.2, 0) is 0 Å². The fraction of sp³-hybridized carbons (Fsp3) is 0.0476. The van der Waals surface area contributed by atoms with Gasteiger partial charge in [-0.05, 0) is 67.1 Å². The van der Waals surface area contributed by atoms with Gasteiger partial charge in [0.25, 0.3) is 5.91 Å². The molecule has 6 heteroatoms. The number of aromatic nitrogens is 2. The highest BCUT2D eigenvalue weighted by molar-refractivity contribution is 6.30. The zero-order valence-electron chi connectivity index (χ0n) is 14.4. The zero-order chi connectivity index (χ0) is 19.0. The summed E-state index contributed by atoms with van der Waals surface area (Å²) < 4.78 is 15.2. The first-order chi connectivity index (χ1) is 13.0. The quantitative estimate of drug-likeness (QED) is 0.521. The third-order valence-electron chi connectivity index (χ3n) is 4.30. The molecule has 0 aliphatic rings. The summed E-state index contributed by atoms with van der Waals surface area (Å²) >= 11 is 5.90. The van der Waals surface area contributed by atoms with Crippen molar-refractivity contribution in [2.75, 3.05) is 5.32 Å². The number of imidazole rings is 1. The number of nitrogens with one attached hydrogen (secondary N) is 1. The van der Waals surface area contributed by atoms with E-state index in [9.17, 15) is 9.18 Å². The Hall–Kier alpha value is -3.18. The van der Waals surface area contributed by atoms with Crippen molar-refractivity contribution in [3.05, 3.63) is 88.8 Å². The zero-order valence-corrected chi connectivity index (χ0v) is 15.2. The molecule has 0 fully saturated rings. The molecule has 0 atom stereocenters. The molecule has 27 heavy (non-hydrogen) atoms. The molecule has 4 nitrogen and oxygen atoms in total. The lowest BCUT2D eigenvalue weighted by molar-refractivity contribution is 0.102. The van der Waals surface area contributed by atoms with E-state index in [0.29, 0.717) is 27.7 Å². The monoisotopic (exact) mass is 379 g/mol. The Balaban J connectivity index is 1.83. The molecule has 2 heterocycles. The van der Waals surface area contributed by atoms with Gasteiger partial charge in [0.1, 0.15) is 23.0 Å². The van der Waals surface area contributed by atoms with Gasteiger partial charge in [0.2, 0.25) is 0 Å². The highest BCUT2D eigenvalue weighted by Crippen LogP contribution is 2.30. The van der Waals surface area contributed by atoms with Crippen LogP contribution in [0.15, 0.2) is 66.9 Å². The van der Waals surface area contributed by atoms with Gasteiger partial charge in [0.15, 0.2) is 0 Å². The average Bonchev–Trinajstić information content (AvgIpc) is 3.03. The van der Waals surface area contributed by atoms with Gasteiger partial charge in [-0.15, -0.1) is 0 Å². The largest absolute Gasteiger partial charge is 0.306 e. The number of carbonyl (C=O) groups is 1. The van der Waals surface area contributed by atoms with Gasteiger partial charge in [-0.2, -0.15) is 0 Å². The third-order valence-corrected chi connectivity index (χ3v) is 4.55. The normalized spacial score (nSPS) is 10.9. The lowest BCUT2D eigenvalue weighted by atomic mass is 10.1. The number of benzene rings is 2. The van der Waals surface area contributed by atoms with E-state index < -0.39 is 0 Å². The lowest BCUT2D eigenvalue weighted by Gasteiger charge is -2.08. The molecular formula is C21H15ClFN3O. The number of hydrogen-bond acceptors (Lipinski definition) is 2. The van der Waals surface area contributed by atoms with Crippen LogP contribution >= 0.6 is 11.6 Å². The Morgan fingerprint density at radius 2 is 1.78 bits per heavy atom. The number of rotatable bonds is 3. The number of fused-ring (bicyclic) bond motifs is 1. The van der Waals surface area contributed by atoms with E-state index in [-0.39, 0.29) is 11.7 Å². The summed E-state index contributed by atoms with van der Waals surface area (Å²) in [6.45, 7) is 1.95. The molecule has 2 aromatic heterocycles. The average molecular weight is 380 g/mol. The molecule has 4 rings (SSSR count). The van der Waals surface area contributed by atoms with Gasteiger partial charge in [-0.25, -0.2) is 9.37 Å². The van der Waals surface area contributed by atoms with Gasteiger partial charge in [-0.3, -0.25) is 9.20 Å². The molecule has 1 N–H and O–H groups in total. The smallest absolute Gasteiger partial charge is 0.256 e. The molecule has 0 bridgehead atoms. The number of nitrogens with zero attached hydrogens (tertiary/aromatic N) is 2. The summed E-state index contributed by atoms with van der Waals surface area (Å²) in [5, 5.41) is 3.49. The van der Waals surface area contributed by atoms with Crippen LogP contribution in [0.2, 0.25) is 5.02 Å². The number of amides is 1. The predicted molar refractivity (Wildman–Crippen MR) is 105 cm³/mol. The second kappa shape index (κ2) is 6.85. The van der Waals surface area contributed by atoms with E-state index >= 15 is 0 Å². The number of halogens is 2. The second-order valence-corrected chi connectivity index (χ2v) is 6.60. The summed E-state index contributed by atoms with van der Waals surface area (Å²) in [7, 11) is 0. The van der Waals surface area contributed by atoms with Crippen molar-refractivity contribution in [3.8, 4) is 11.3 Å². The van der Waals surface area contributed by atoms with E-state index in [4.69, 9.17) is 11.6 Å². The number of hydrogen-bond donors (Lipinski definition) is 1. The molecule has 0 saturated carbocycles. The molecule has 1 amide bonds. The molecule has 0 spiro atoms. The molecule has 4 aromatic rings. The van der Waals surface area contributed by atoms with Crippen LogP contribution in [0.5, 0.6) is 0 Å². The molecule has 0 saturated heterocycles. The fourth-order valence-electron chi connectivity index (χ4n) is 2.91. The SMILES string of the molecule is Cc1cccn2c(NC(=O)c3ccc(Cl)cc3)c(-c3ccc(F)cc3)nc12. The van der Waals surface area contributed by atoms with Crippen LogP contribution in [0.4, 0.5) is 10.2 Å². The van der Waals surface area contributed by atoms with Crippen molar-refractivity contribution >= 4 is 29.0 Å². The maximum absolute atomic E-state index is 13.3. The minimum atomic E-state index is -0.328. The van der Waals surface area contributed by atoms with Crippen LogP contribution in [0, 0.1) is 12.7 Å². The van der Waals surface area contributed by atoms with Crippen LogP contribution in [0.3, 0.4) is 0 Å². The van der Waals surface area contributed by atoms with Gasteiger partial charge in [0, 0.05) is 22.3 Å². The molecule has 0 aliphatic heterocycles. The first-order valence-electron chi connectivity index (χ1n) is 8.33. The van der Waals surface area contributed by atoms with Crippen molar-refractivity contribution < 1.29 is 9.18 Å². The maximum atomic E-state index is 13.3. The number of pyridine rings is 1. The molecular weight excluding hydrogens is 365 g/mol. The van der Waals surface area contributed by atoms with E-state index in [1.165, 1.54) is 12.1 Å². The van der Waals surface area contributed by atoms with Gasteiger partial charge in [-0.1, -0.05) is 17.7 Å². The Morgan fingerprint density at radius 3 is 2.48 bits per heavy atom. The number of carbonyl (C=O) groups excluding carboxylic acids is 1. The van der Waals surface area contributed by atoms with Crippen molar-refractivity contribution in [1.29, 1.82) is 0 Å². The Bertz CT molecular complexity index is 1130. The van der Waals surface area contributed by atoms with Gasteiger partial charge >= 0.3 is 0 Å². The summed E-state index contributed by atoms with van der Waals surface area (Å²) in [5.74, 6) is -0.0796. The van der Waals surface area contributed by atoms with Crippen LogP contribution in [0.1, 0.15) is 15.9 Å². The third kappa shape index (κ3) is 3.29. The van der Waals surface area contributed by atoms with E-state index in [1.54, 1.807) is 36.4 Å². The van der Waals surface area contributed by atoms with Crippen molar-refractivity contribution in [2.45, 2.75) is 6.92 Å². The summed E-state index contributed by atoms with van der Waals surface area (Å²) in [4.78, 5) is 17.4. The maximum Gasteiger partial charge on any atom is 0.256 e. The lowest BCUT2D eigenvalue weighted by Crippen LogP contribution is -2.14. The second-order valence-electron chi connectivity index (χ2n) is 6.16. The molecule has 0 aliphatic carbocycles. The number of aryl methyl sites for hydroxylation is 1. The molecule has 0 radical (unpaired) electrons. The Kier molecular flexibility index (Phi) is 4.38. The van der Waals surface area contributed by atoms with E-state index in [0.717, 1.165) is 11.2 Å². The van der Waals surface area contributed by atoms with Crippen LogP contribution in [0.25, 0.3) is 16.9 Å². The van der Waals surface area contributed by atoms with E-state index in [1.807, 2.05) is 29.7 Å². The highest BCUT2D eigenvalue weighted by Gasteiger charge is 2.18. The van der Waals surface area contributed by atoms with E-state index in [2.05, 4.69) is 10.3 Å². The topological polar surface area (TPSA) is 46.4 Å². The van der Waals surface area contributed by atoms with Crippen molar-refractivity contribution in [1.82, 2.24) is 9.38 Å². The predicted octanol–water partition coefficient (Wildman–Crippen LogP) is 5.35. The first-order valence-corrected chi connectivity index (χ1v) is 8.71. The highest BCUT2D eigenvalue weighted by atomic mass is 35.5. The minimum absolute atomic E-state index is 0.279. The molecule has 0 unspecified atom stereocenters. The van der Waals surface area contributed by atoms with Gasteiger partial charge < -0.3 is 5.32 Å². The van der Waals surface area contributed by atoms with Gasteiger partial charge in [0.05, 0.1) is 0 Å². The summed E-state index contributed by atoms with van der Waals surface area (Å²) in [6, 6.07) is 16.5. The molecule has 2 aromatic carbocycles. The van der Waals surface area contributed by atoms with Crippen LogP contribution < -0.4 is 5.32 Å². The summed E-state index contributed by atoms with van der Waals surface area (Å²) in [6.07, 6.45) is 1.83. The number of anilines is 1. The first kappa shape index (κ1) is 17.2. The summed E-state index contributed by atoms with van der Waals surface area (Å²) in [5.41, 5.74) is 3.46. The van der Waals surface area contributed by atoms with Crippen molar-refractivity contribution in [2.24, 2.45) is 0 Å². The van der Waals surface area contributed by atoms with Crippen molar-refractivity contribution in [3.63, 3.8) is 0 Å². The fourth-order valence-corrected chi connectivity index (χ4v) is 3.04. The Labute approximate surface area is 160 Å². The minimum Gasteiger partial charge on any atom is -0.306 e.